The summed E-state index contributed by atoms with van der Waals surface area (Å²) in [5.74, 6) is 0.462. The van der Waals surface area contributed by atoms with Crippen molar-refractivity contribution in [2.24, 2.45) is 0 Å². The molecule has 0 bridgehead atoms. The van der Waals surface area contributed by atoms with Crippen molar-refractivity contribution in [2.75, 3.05) is 33.4 Å². The van der Waals surface area contributed by atoms with Crippen LogP contribution in [0.2, 0.25) is 0 Å². The summed E-state index contributed by atoms with van der Waals surface area (Å²) in [5, 5.41) is 8.61. The van der Waals surface area contributed by atoms with Crippen molar-refractivity contribution in [3.05, 3.63) is 89.5 Å². The first kappa shape index (κ1) is 28.5. The van der Waals surface area contributed by atoms with Crippen molar-refractivity contribution in [3.63, 3.8) is 0 Å². The third-order valence-corrected chi connectivity index (χ3v) is 6.54. The van der Waals surface area contributed by atoms with Crippen molar-refractivity contribution in [1.82, 2.24) is 16.0 Å². The van der Waals surface area contributed by atoms with Gasteiger partial charge in [-0.25, -0.2) is 0 Å². The zero-order valence-electron chi connectivity index (χ0n) is 22.6. The maximum atomic E-state index is 13.3. The Morgan fingerprint density at radius 3 is 2.60 bits per heavy atom. The van der Waals surface area contributed by atoms with Crippen LogP contribution in [0.25, 0.3) is 0 Å². The van der Waals surface area contributed by atoms with Crippen LogP contribution in [0.15, 0.2) is 72.8 Å². The molecule has 1 heterocycles. The Morgan fingerprint density at radius 2 is 1.77 bits per heavy atom. The van der Waals surface area contributed by atoms with Crippen LogP contribution in [0.1, 0.15) is 45.5 Å². The van der Waals surface area contributed by atoms with Gasteiger partial charge in [0, 0.05) is 19.0 Å². The minimum absolute atomic E-state index is 0.137. The van der Waals surface area contributed by atoms with Gasteiger partial charge in [-0.05, 0) is 49.1 Å². The van der Waals surface area contributed by atoms with Crippen LogP contribution >= 0.6 is 0 Å². The largest absolute Gasteiger partial charge is 0.497 e. The molecule has 210 valence electrons. The highest BCUT2D eigenvalue weighted by Crippen LogP contribution is 2.25. The minimum atomic E-state index is -0.754. The summed E-state index contributed by atoms with van der Waals surface area (Å²) in [6.45, 7) is 1.17. The van der Waals surface area contributed by atoms with Gasteiger partial charge in [-0.1, -0.05) is 42.5 Å². The molecule has 0 fully saturated rings. The van der Waals surface area contributed by atoms with Gasteiger partial charge in [0.1, 0.15) is 29.9 Å². The van der Waals surface area contributed by atoms with Gasteiger partial charge >= 0.3 is 0 Å². The molecule has 1 aliphatic heterocycles. The summed E-state index contributed by atoms with van der Waals surface area (Å²) in [5.41, 5.74) is 1.91. The highest BCUT2D eigenvalue weighted by atomic mass is 16.5. The van der Waals surface area contributed by atoms with Crippen LogP contribution in [0.4, 0.5) is 0 Å². The highest BCUT2D eigenvalue weighted by Gasteiger charge is 2.23. The van der Waals surface area contributed by atoms with Gasteiger partial charge in [0.05, 0.1) is 31.4 Å². The van der Waals surface area contributed by atoms with E-state index in [2.05, 4.69) is 16.0 Å². The number of carbonyl (C=O) groups excluding carboxylic acids is 3. The van der Waals surface area contributed by atoms with Crippen molar-refractivity contribution < 1.29 is 28.6 Å². The fraction of sp³-hybridized carbons (Fsp3) is 0.323. The van der Waals surface area contributed by atoms with Gasteiger partial charge in [-0.2, -0.15) is 0 Å². The molecule has 9 heteroatoms. The summed E-state index contributed by atoms with van der Waals surface area (Å²) in [6.07, 6.45) is 2.38. The van der Waals surface area contributed by atoms with Gasteiger partial charge in [-0.3, -0.25) is 14.4 Å². The number of benzene rings is 3. The normalized spacial score (nSPS) is 16.3. The van der Waals surface area contributed by atoms with E-state index in [9.17, 15) is 14.4 Å². The molecular weight excluding hydrogens is 510 g/mol. The van der Waals surface area contributed by atoms with Crippen molar-refractivity contribution in [3.8, 4) is 17.2 Å². The Labute approximate surface area is 234 Å². The highest BCUT2D eigenvalue weighted by molar-refractivity contribution is 5.99. The van der Waals surface area contributed by atoms with Crippen LogP contribution in [0.3, 0.4) is 0 Å². The Kier molecular flexibility index (Phi) is 10.4. The smallest absolute Gasteiger partial charge is 0.255 e. The van der Waals surface area contributed by atoms with E-state index in [0.29, 0.717) is 67.2 Å². The van der Waals surface area contributed by atoms with Gasteiger partial charge in [-0.15, -0.1) is 0 Å². The molecule has 3 aromatic carbocycles. The number of fused-ring (bicyclic) bond motifs is 1. The fourth-order valence-electron chi connectivity index (χ4n) is 4.37. The van der Waals surface area contributed by atoms with E-state index in [-0.39, 0.29) is 30.9 Å². The number of carbonyl (C=O) groups is 3. The monoisotopic (exact) mass is 545 g/mol. The summed E-state index contributed by atoms with van der Waals surface area (Å²) >= 11 is 0. The SMILES string of the molecule is COc1ccc2c(c1)OCCNC(=O)[C@@H](NC(=O)c1ccccc1OCCc1ccccc1)CCCCNC2=O. The van der Waals surface area contributed by atoms with E-state index < -0.39 is 6.04 Å². The molecule has 4 rings (SSSR count). The predicted molar refractivity (Wildman–Crippen MR) is 151 cm³/mol. The number of rotatable bonds is 7. The van der Waals surface area contributed by atoms with E-state index in [1.165, 1.54) is 7.11 Å². The third-order valence-electron chi connectivity index (χ3n) is 6.54. The Bertz CT molecular complexity index is 1300. The van der Waals surface area contributed by atoms with Gasteiger partial charge < -0.3 is 30.2 Å². The number of hydrogen-bond acceptors (Lipinski definition) is 6. The Hall–Kier alpha value is -4.53. The van der Waals surface area contributed by atoms with E-state index in [1.807, 2.05) is 36.4 Å². The van der Waals surface area contributed by atoms with Crippen LogP contribution in [-0.2, 0) is 11.2 Å². The molecule has 1 aliphatic rings. The van der Waals surface area contributed by atoms with Gasteiger partial charge in [0.15, 0.2) is 0 Å². The van der Waals surface area contributed by atoms with Crippen molar-refractivity contribution in [1.29, 1.82) is 0 Å². The van der Waals surface area contributed by atoms with Gasteiger partial charge in [0.25, 0.3) is 11.8 Å². The first-order chi connectivity index (χ1) is 19.5. The molecule has 0 saturated heterocycles. The summed E-state index contributed by atoms with van der Waals surface area (Å²) in [7, 11) is 1.54. The van der Waals surface area contributed by atoms with Gasteiger partial charge in [0.2, 0.25) is 5.91 Å². The zero-order chi connectivity index (χ0) is 28.2. The molecular formula is C31H35N3O6. The maximum absolute atomic E-state index is 13.3. The molecule has 1 atom stereocenters. The lowest BCUT2D eigenvalue weighted by Crippen LogP contribution is -2.47. The number of methoxy groups -OCH3 is 1. The lowest BCUT2D eigenvalue weighted by molar-refractivity contribution is -0.123. The molecule has 3 aromatic rings. The van der Waals surface area contributed by atoms with Crippen LogP contribution in [0, 0.1) is 0 Å². The predicted octanol–water partition coefficient (Wildman–Crippen LogP) is 3.52. The zero-order valence-corrected chi connectivity index (χ0v) is 22.6. The van der Waals surface area contributed by atoms with E-state index in [0.717, 1.165) is 5.56 Å². The lowest BCUT2D eigenvalue weighted by atomic mass is 10.1. The number of amides is 3. The molecule has 0 aromatic heterocycles. The average Bonchev–Trinajstić information content (AvgIpc) is 2.98. The molecule has 0 spiro atoms. The van der Waals surface area contributed by atoms with Crippen LogP contribution in [-0.4, -0.2) is 57.2 Å². The number of para-hydroxylation sites is 1. The first-order valence-corrected chi connectivity index (χ1v) is 13.5. The molecule has 0 saturated carbocycles. The summed E-state index contributed by atoms with van der Waals surface area (Å²) in [6, 6.07) is 21.2. The summed E-state index contributed by atoms with van der Waals surface area (Å²) in [4.78, 5) is 39.0. The maximum Gasteiger partial charge on any atom is 0.255 e. The second-order valence-corrected chi connectivity index (χ2v) is 9.36. The second kappa shape index (κ2) is 14.6. The third kappa shape index (κ3) is 7.99. The van der Waals surface area contributed by atoms with Crippen molar-refractivity contribution >= 4 is 17.7 Å². The summed E-state index contributed by atoms with van der Waals surface area (Å²) < 4.78 is 17.0. The first-order valence-electron chi connectivity index (χ1n) is 13.5. The molecule has 0 aliphatic carbocycles. The average molecular weight is 546 g/mol. The van der Waals surface area contributed by atoms with Crippen LogP contribution in [0.5, 0.6) is 17.2 Å². The molecule has 0 unspecified atom stereocenters. The molecule has 0 radical (unpaired) electrons. The number of ether oxygens (including phenoxy) is 3. The topological polar surface area (TPSA) is 115 Å². The van der Waals surface area contributed by atoms with Crippen LogP contribution < -0.4 is 30.2 Å². The fourth-order valence-corrected chi connectivity index (χ4v) is 4.37. The molecule has 3 amide bonds. The number of hydrogen-bond donors (Lipinski definition) is 3. The minimum Gasteiger partial charge on any atom is -0.497 e. The molecule has 3 N–H and O–H groups in total. The standard InChI is InChI=1S/C31H35N3O6/c1-38-23-14-15-25-28(21-23)40-20-18-33-31(37)26(12-7-8-17-32-29(25)35)34-30(36)24-11-5-6-13-27(24)39-19-16-22-9-3-2-4-10-22/h2-6,9-11,13-15,21,26H,7-8,12,16-20H2,1H3,(H,32,35)(H,33,37)(H,34,36)/t26-/m0/s1. The van der Waals surface area contributed by atoms with E-state index in [1.54, 1.807) is 36.4 Å². The van der Waals surface area contributed by atoms with E-state index in [4.69, 9.17) is 14.2 Å². The number of nitrogens with one attached hydrogen (secondary N) is 3. The Morgan fingerprint density at radius 1 is 0.975 bits per heavy atom. The lowest BCUT2D eigenvalue weighted by Gasteiger charge is -2.20. The Balaban J connectivity index is 1.39. The molecule has 40 heavy (non-hydrogen) atoms. The molecule has 9 nitrogen and oxygen atoms in total. The second-order valence-electron chi connectivity index (χ2n) is 9.36. The van der Waals surface area contributed by atoms with E-state index >= 15 is 0 Å². The quantitative estimate of drug-likeness (QED) is 0.419. The van der Waals surface area contributed by atoms with Crippen molar-refractivity contribution in [2.45, 2.75) is 31.7 Å².